The molecular weight excluding hydrogens is 288 g/mol. The topological polar surface area (TPSA) is 51.5 Å². The fourth-order valence-corrected chi connectivity index (χ4v) is 1.76. The maximum atomic E-state index is 11.6. The van der Waals surface area contributed by atoms with Gasteiger partial charge < -0.3 is 4.74 Å². The summed E-state index contributed by atoms with van der Waals surface area (Å²) in [5, 5.41) is 0.483. The molecule has 1 aromatic heterocycles. The number of hydrogen-bond acceptors (Lipinski definition) is 4. The van der Waals surface area contributed by atoms with Gasteiger partial charge in [0, 0.05) is 17.4 Å². The number of carbonyl (C=O) groups is 1. The second-order valence-electron chi connectivity index (χ2n) is 4.77. The van der Waals surface area contributed by atoms with Gasteiger partial charge in [-0.1, -0.05) is 25.4 Å². The van der Waals surface area contributed by atoms with Crippen molar-refractivity contribution < 1.29 is 9.53 Å². The van der Waals surface area contributed by atoms with Crippen molar-refractivity contribution in [1.29, 1.82) is 0 Å². The van der Waals surface area contributed by atoms with Crippen LogP contribution < -0.4 is 4.74 Å². The van der Waals surface area contributed by atoms with Crippen molar-refractivity contribution in [3.05, 3.63) is 53.3 Å². The smallest absolute Gasteiger partial charge is 0.313 e. The van der Waals surface area contributed by atoms with Crippen LogP contribution in [0.15, 0.2) is 47.7 Å². The molecular formula is C16H15ClN2O2. The van der Waals surface area contributed by atoms with Gasteiger partial charge in [-0.2, -0.15) is 0 Å². The fourth-order valence-electron chi connectivity index (χ4n) is 1.53. The van der Waals surface area contributed by atoms with Gasteiger partial charge in [0.2, 0.25) is 0 Å². The molecule has 0 unspecified atom stereocenters. The van der Waals surface area contributed by atoms with Gasteiger partial charge in [-0.05, 0) is 35.9 Å². The highest BCUT2D eigenvalue weighted by Gasteiger charge is 2.10. The van der Waals surface area contributed by atoms with Crippen LogP contribution in [-0.4, -0.2) is 17.2 Å². The zero-order chi connectivity index (χ0) is 15.2. The Kier molecular flexibility index (Phi) is 5.06. The second-order valence-corrected chi connectivity index (χ2v) is 5.20. The lowest BCUT2D eigenvalue weighted by Crippen LogP contribution is -2.14. The Morgan fingerprint density at radius 2 is 2.19 bits per heavy atom. The molecule has 0 spiro atoms. The Morgan fingerprint density at radius 3 is 2.86 bits per heavy atom. The average Bonchev–Trinajstić information content (AvgIpc) is 2.45. The van der Waals surface area contributed by atoms with Crippen molar-refractivity contribution >= 4 is 29.5 Å². The van der Waals surface area contributed by atoms with E-state index >= 15 is 0 Å². The van der Waals surface area contributed by atoms with Crippen LogP contribution in [0.4, 0.5) is 5.69 Å². The number of carbonyl (C=O) groups excluding carboxylic acids is 1. The van der Waals surface area contributed by atoms with E-state index in [4.69, 9.17) is 16.3 Å². The molecule has 1 aromatic carbocycles. The molecule has 2 aromatic rings. The summed E-state index contributed by atoms with van der Waals surface area (Å²) in [6, 6.07) is 8.71. The minimum absolute atomic E-state index is 0.198. The van der Waals surface area contributed by atoms with Crippen LogP contribution in [0.3, 0.4) is 0 Å². The lowest BCUT2D eigenvalue weighted by Gasteiger charge is -2.07. The minimum Gasteiger partial charge on any atom is -0.426 e. The molecule has 0 aliphatic heterocycles. The highest BCUT2D eigenvalue weighted by molar-refractivity contribution is 6.31. The Balaban J connectivity index is 2.19. The number of ether oxygens (including phenoxy) is 1. The Hall–Kier alpha value is -2.20. The summed E-state index contributed by atoms with van der Waals surface area (Å²) in [5.74, 6) is -0.0854. The standard InChI is InChI=1S/C16H15ClN2O2/c1-11(2)16(20)21-15-7-12(6-13(17)8-15)9-19-14-4-3-5-18-10-14/h3-11H,1-2H3. The van der Waals surface area contributed by atoms with Crippen molar-refractivity contribution in [3.8, 4) is 5.75 Å². The molecule has 0 aliphatic rings. The minimum atomic E-state index is -0.299. The van der Waals surface area contributed by atoms with E-state index < -0.39 is 0 Å². The van der Waals surface area contributed by atoms with E-state index in [0.29, 0.717) is 10.8 Å². The van der Waals surface area contributed by atoms with Crippen molar-refractivity contribution in [2.24, 2.45) is 10.9 Å². The van der Waals surface area contributed by atoms with Crippen molar-refractivity contribution in [2.45, 2.75) is 13.8 Å². The van der Waals surface area contributed by atoms with Crippen LogP contribution in [-0.2, 0) is 4.79 Å². The van der Waals surface area contributed by atoms with Crippen LogP contribution in [0.2, 0.25) is 5.02 Å². The largest absolute Gasteiger partial charge is 0.426 e. The molecule has 0 amide bonds. The Bertz CT molecular complexity index is 655. The molecule has 0 radical (unpaired) electrons. The van der Waals surface area contributed by atoms with Crippen molar-refractivity contribution in [1.82, 2.24) is 4.98 Å². The molecule has 0 saturated carbocycles. The molecule has 108 valence electrons. The second kappa shape index (κ2) is 6.99. The third-order valence-corrected chi connectivity index (χ3v) is 2.81. The van der Waals surface area contributed by atoms with Gasteiger partial charge in [-0.15, -0.1) is 0 Å². The first-order chi connectivity index (χ1) is 10.0. The first-order valence-corrected chi connectivity index (χ1v) is 6.89. The first kappa shape index (κ1) is 15.2. The van der Waals surface area contributed by atoms with E-state index in [0.717, 1.165) is 11.3 Å². The summed E-state index contributed by atoms with van der Waals surface area (Å²) in [4.78, 5) is 19.9. The summed E-state index contributed by atoms with van der Waals surface area (Å²) in [6.07, 6.45) is 4.98. The molecule has 4 nitrogen and oxygen atoms in total. The van der Waals surface area contributed by atoms with E-state index in [9.17, 15) is 4.79 Å². The third kappa shape index (κ3) is 4.68. The normalized spacial score (nSPS) is 11.0. The summed E-state index contributed by atoms with van der Waals surface area (Å²) >= 11 is 6.03. The van der Waals surface area contributed by atoms with Crippen molar-refractivity contribution in [3.63, 3.8) is 0 Å². The SMILES string of the molecule is CC(C)C(=O)Oc1cc(Cl)cc(C=Nc2cccnc2)c1. The molecule has 1 heterocycles. The number of pyridine rings is 1. The number of aromatic nitrogens is 1. The highest BCUT2D eigenvalue weighted by atomic mass is 35.5. The maximum Gasteiger partial charge on any atom is 0.313 e. The van der Waals surface area contributed by atoms with Gasteiger partial charge in [-0.25, -0.2) is 0 Å². The summed E-state index contributed by atoms with van der Waals surface area (Å²) < 4.78 is 5.25. The number of halogens is 1. The molecule has 0 aliphatic carbocycles. The van der Waals surface area contributed by atoms with Gasteiger partial charge in [0.15, 0.2) is 0 Å². The molecule has 0 saturated heterocycles. The van der Waals surface area contributed by atoms with Gasteiger partial charge in [0.05, 0.1) is 17.8 Å². The molecule has 5 heteroatoms. The Labute approximate surface area is 128 Å². The lowest BCUT2D eigenvalue weighted by molar-refractivity contribution is -0.137. The summed E-state index contributed by atoms with van der Waals surface area (Å²) in [7, 11) is 0. The van der Waals surface area contributed by atoms with Gasteiger partial charge in [-0.3, -0.25) is 14.8 Å². The molecule has 0 N–H and O–H groups in total. The number of esters is 1. The van der Waals surface area contributed by atoms with Crippen LogP contribution >= 0.6 is 11.6 Å². The average molecular weight is 303 g/mol. The zero-order valence-electron chi connectivity index (χ0n) is 11.8. The van der Waals surface area contributed by atoms with Gasteiger partial charge >= 0.3 is 5.97 Å². The zero-order valence-corrected chi connectivity index (χ0v) is 12.5. The highest BCUT2D eigenvalue weighted by Crippen LogP contribution is 2.21. The van der Waals surface area contributed by atoms with Gasteiger partial charge in [0.25, 0.3) is 0 Å². The number of aliphatic imine (C=N–C) groups is 1. The number of rotatable bonds is 4. The summed E-state index contributed by atoms with van der Waals surface area (Å²) in [5.41, 5.74) is 1.48. The predicted molar refractivity (Wildman–Crippen MR) is 83.4 cm³/mol. The molecule has 21 heavy (non-hydrogen) atoms. The third-order valence-electron chi connectivity index (χ3n) is 2.59. The van der Waals surface area contributed by atoms with E-state index in [1.54, 1.807) is 56.7 Å². The number of benzene rings is 1. The molecule has 2 rings (SSSR count). The van der Waals surface area contributed by atoms with E-state index in [2.05, 4.69) is 9.98 Å². The van der Waals surface area contributed by atoms with Gasteiger partial charge in [0.1, 0.15) is 5.75 Å². The van der Waals surface area contributed by atoms with Crippen LogP contribution in [0, 0.1) is 5.92 Å². The molecule has 0 bridgehead atoms. The van der Waals surface area contributed by atoms with Crippen LogP contribution in [0.25, 0.3) is 0 Å². The first-order valence-electron chi connectivity index (χ1n) is 6.51. The lowest BCUT2D eigenvalue weighted by atomic mass is 10.2. The molecule has 0 fully saturated rings. The Morgan fingerprint density at radius 1 is 1.38 bits per heavy atom. The predicted octanol–water partition coefficient (Wildman–Crippen LogP) is 4.05. The van der Waals surface area contributed by atoms with E-state index in [-0.39, 0.29) is 11.9 Å². The van der Waals surface area contributed by atoms with E-state index in [1.807, 2.05) is 6.07 Å². The van der Waals surface area contributed by atoms with Crippen molar-refractivity contribution in [2.75, 3.05) is 0 Å². The van der Waals surface area contributed by atoms with Crippen LogP contribution in [0.1, 0.15) is 19.4 Å². The molecule has 0 atom stereocenters. The number of nitrogens with zero attached hydrogens (tertiary/aromatic N) is 2. The summed E-state index contributed by atoms with van der Waals surface area (Å²) in [6.45, 7) is 3.55. The number of hydrogen-bond donors (Lipinski definition) is 0. The quantitative estimate of drug-likeness (QED) is 0.486. The van der Waals surface area contributed by atoms with Crippen LogP contribution in [0.5, 0.6) is 5.75 Å². The fraction of sp³-hybridized carbons (Fsp3) is 0.188. The van der Waals surface area contributed by atoms with E-state index in [1.165, 1.54) is 0 Å². The monoisotopic (exact) mass is 302 g/mol. The maximum absolute atomic E-state index is 11.6.